The molecule has 0 aliphatic carbocycles. The Morgan fingerprint density at radius 3 is 2.00 bits per heavy atom. The number of rotatable bonds is 10. The van der Waals surface area contributed by atoms with Crippen molar-refractivity contribution in [2.45, 2.75) is 78.2 Å². The van der Waals surface area contributed by atoms with Crippen LogP contribution >= 0.6 is 0 Å². The summed E-state index contributed by atoms with van der Waals surface area (Å²) in [5, 5.41) is 0. The monoisotopic (exact) mass is 334 g/mol. The standard InChI is InChI=1S/C16H34O5Si/c1-7-12-15(5,16(8-2)17-13-11-14-18-16)21-22(6,19-9-3)20-10-4/h7-14H2,1-6H3. The first-order valence-corrected chi connectivity index (χ1v) is 10.9. The molecule has 0 saturated carbocycles. The van der Waals surface area contributed by atoms with Gasteiger partial charge in [0.2, 0.25) is 0 Å². The quantitative estimate of drug-likeness (QED) is 0.569. The molecule has 0 bridgehead atoms. The van der Waals surface area contributed by atoms with Crippen molar-refractivity contribution in [2.75, 3.05) is 26.4 Å². The third-order valence-corrected chi connectivity index (χ3v) is 6.63. The van der Waals surface area contributed by atoms with Crippen LogP contribution in [0.25, 0.3) is 0 Å². The first-order valence-electron chi connectivity index (χ1n) is 8.66. The summed E-state index contributed by atoms with van der Waals surface area (Å²) in [5.74, 6) is -0.719. The zero-order valence-electron chi connectivity index (χ0n) is 15.2. The minimum Gasteiger partial charge on any atom is -0.374 e. The largest absolute Gasteiger partial charge is 0.498 e. The van der Waals surface area contributed by atoms with Crippen LogP contribution in [0.15, 0.2) is 0 Å². The van der Waals surface area contributed by atoms with Gasteiger partial charge in [-0.3, -0.25) is 0 Å². The van der Waals surface area contributed by atoms with Crippen molar-refractivity contribution in [1.29, 1.82) is 0 Å². The molecule has 6 heteroatoms. The molecule has 1 aliphatic rings. The van der Waals surface area contributed by atoms with Gasteiger partial charge in [0.05, 0.1) is 13.2 Å². The van der Waals surface area contributed by atoms with Gasteiger partial charge in [-0.15, -0.1) is 0 Å². The Labute approximate surface area is 137 Å². The van der Waals surface area contributed by atoms with E-state index in [1.807, 2.05) is 20.4 Å². The molecule has 22 heavy (non-hydrogen) atoms. The second kappa shape index (κ2) is 8.75. The van der Waals surface area contributed by atoms with Crippen molar-refractivity contribution in [1.82, 2.24) is 0 Å². The Morgan fingerprint density at radius 1 is 1.05 bits per heavy atom. The van der Waals surface area contributed by atoms with Crippen molar-refractivity contribution in [3.8, 4) is 0 Å². The van der Waals surface area contributed by atoms with Gasteiger partial charge >= 0.3 is 8.80 Å². The summed E-state index contributed by atoms with van der Waals surface area (Å²) in [6.45, 7) is 14.8. The van der Waals surface area contributed by atoms with E-state index in [1.165, 1.54) is 0 Å². The van der Waals surface area contributed by atoms with Gasteiger partial charge in [-0.1, -0.05) is 20.3 Å². The molecule has 0 aromatic rings. The van der Waals surface area contributed by atoms with Crippen molar-refractivity contribution in [3.05, 3.63) is 0 Å². The van der Waals surface area contributed by atoms with Crippen molar-refractivity contribution >= 4 is 8.80 Å². The van der Waals surface area contributed by atoms with E-state index < -0.39 is 20.2 Å². The van der Waals surface area contributed by atoms with E-state index in [2.05, 4.69) is 20.8 Å². The van der Waals surface area contributed by atoms with Crippen LogP contribution in [0.3, 0.4) is 0 Å². The van der Waals surface area contributed by atoms with E-state index in [1.54, 1.807) is 0 Å². The molecule has 0 N–H and O–H groups in total. The molecule has 1 unspecified atom stereocenters. The molecule has 1 fully saturated rings. The van der Waals surface area contributed by atoms with Gasteiger partial charge in [-0.25, -0.2) is 0 Å². The summed E-state index contributed by atoms with van der Waals surface area (Å²) in [6, 6.07) is 0. The summed E-state index contributed by atoms with van der Waals surface area (Å²) in [7, 11) is -2.73. The zero-order chi connectivity index (χ0) is 16.7. The van der Waals surface area contributed by atoms with Crippen molar-refractivity contribution in [3.63, 3.8) is 0 Å². The highest BCUT2D eigenvalue weighted by atomic mass is 28.4. The molecule has 132 valence electrons. The Hall–Kier alpha value is 0.0169. The minimum absolute atomic E-state index is 0.575. The van der Waals surface area contributed by atoms with E-state index in [0.29, 0.717) is 26.4 Å². The average Bonchev–Trinajstić information content (AvgIpc) is 2.48. The molecule has 1 atom stereocenters. The second-order valence-corrected chi connectivity index (χ2v) is 8.47. The highest BCUT2D eigenvalue weighted by Crippen LogP contribution is 2.41. The van der Waals surface area contributed by atoms with Gasteiger partial charge < -0.3 is 22.8 Å². The summed E-state index contributed by atoms with van der Waals surface area (Å²) < 4.78 is 30.5. The molecule has 0 amide bonds. The third kappa shape index (κ3) is 4.52. The maximum atomic E-state index is 6.52. The molecule has 1 rings (SSSR count). The van der Waals surface area contributed by atoms with Gasteiger partial charge in [-0.05, 0) is 33.6 Å². The lowest BCUT2D eigenvalue weighted by Crippen LogP contribution is -2.64. The van der Waals surface area contributed by atoms with Gasteiger partial charge in [0.1, 0.15) is 5.60 Å². The lowest BCUT2D eigenvalue weighted by Gasteiger charge is -2.51. The fourth-order valence-corrected chi connectivity index (χ4v) is 5.61. The van der Waals surface area contributed by atoms with E-state index in [9.17, 15) is 0 Å². The normalized spacial score (nSPS) is 21.5. The van der Waals surface area contributed by atoms with Crippen LogP contribution < -0.4 is 0 Å². The molecule has 1 saturated heterocycles. The van der Waals surface area contributed by atoms with Crippen molar-refractivity contribution in [2.24, 2.45) is 0 Å². The Morgan fingerprint density at radius 2 is 1.59 bits per heavy atom. The fourth-order valence-electron chi connectivity index (χ4n) is 3.29. The SMILES string of the molecule is CCCC(C)(O[Si](C)(OCC)OCC)C1(CC)OCCCO1. The molecular weight excluding hydrogens is 300 g/mol. The highest BCUT2D eigenvalue weighted by molar-refractivity contribution is 6.59. The Balaban J connectivity index is 3.06. The average molecular weight is 335 g/mol. The number of hydrogen-bond donors (Lipinski definition) is 0. The first-order chi connectivity index (χ1) is 10.4. The molecule has 0 radical (unpaired) electrons. The Bertz CT molecular complexity index is 314. The molecule has 0 aromatic carbocycles. The smallest absolute Gasteiger partial charge is 0.374 e. The highest BCUT2D eigenvalue weighted by Gasteiger charge is 2.55. The zero-order valence-corrected chi connectivity index (χ0v) is 16.2. The van der Waals surface area contributed by atoms with E-state index >= 15 is 0 Å². The van der Waals surface area contributed by atoms with Crippen LogP contribution in [0.1, 0.15) is 60.3 Å². The summed E-state index contributed by atoms with van der Waals surface area (Å²) >= 11 is 0. The summed E-state index contributed by atoms with van der Waals surface area (Å²) in [6.07, 6.45) is 3.49. The van der Waals surface area contributed by atoms with Crippen molar-refractivity contribution < 1.29 is 22.8 Å². The molecule has 1 heterocycles. The fraction of sp³-hybridized carbons (Fsp3) is 1.00. The molecule has 0 aromatic heterocycles. The summed E-state index contributed by atoms with van der Waals surface area (Å²) in [4.78, 5) is 0. The topological polar surface area (TPSA) is 46.2 Å². The number of ether oxygens (including phenoxy) is 2. The van der Waals surface area contributed by atoms with Crippen LogP contribution in [0.5, 0.6) is 0 Å². The molecule has 5 nitrogen and oxygen atoms in total. The summed E-state index contributed by atoms with van der Waals surface area (Å²) in [5.41, 5.74) is -0.581. The van der Waals surface area contributed by atoms with E-state index in [-0.39, 0.29) is 0 Å². The predicted octanol–water partition coefficient (Wildman–Crippen LogP) is 3.75. The predicted molar refractivity (Wildman–Crippen MR) is 88.8 cm³/mol. The Kier molecular flexibility index (Phi) is 7.98. The van der Waals surface area contributed by atoms with E-state index in [0.717, 1.165) is 25.7 Å². The van der Waals surface area contributed by atoms with Crippen LogP contribution in [0, 0.1) is 0 Å². The maximum absolute atomic E-state index is 6.52. The van der Waals surface area contributed by atoms with Gasteiger partial charge in [0.15, 0.2) is 5.79 Å². The van der Waals surface area contributed by atoms with Crippen LogP contribution in [0.4, 0.5) is 0 Å². The molecule has 0 spiro atoms. The van der Waals surface area contributed by atoms with Crippen LogP contribution in [-0.2, 0) is 22.8 Å². The van der Waals surface area contributed by atoms with E-state index in [4.69, 9.17) is 22.8 Å². The van der Waals surface area contributed by atoms with Gasteiger partial charge in [0.25, 0.3) is 0 Å². The number of hydrogen-bond acceptors (Lipinski definition) is 5. The second-order valence-electron chi connectivity index (χ2n) is 5.97. The lowest BCUT2D eigenvalue weighted by molar-refractivity contribution is -0.340. The van der Waals surface area contributed by atoms with Crippen LogP contribution in [0.2, 0.25) is 6.55 Å². The maximum Gasteiger partial charge on any atom is 0.498 e. The van der Waals surface area contributed by atoms with Gasteiger partial charge in [0, 0.05) is 26.2 Å². The molecular formula is C16H34O5Si. The lowest BCUT2D eigenvalue weighted by atomic mass is 9.87. The molecule has 1 aliphatic heterocycles. The first kappa shape index (κ1) is 20.1. The van der Waals surface area contributed by atoms with Crippen LogP contribution in [-0.4, -0.2) is 46.6 Å². The van der Waals surface area contributed by atoms with Gasteiger partial charge in [-0.2, -0.15) is 0 Å². The third-order valence-electron chi connectivity index (χ3n) is 4.18. The minimum atomic E-state index is -2.73.